The fourth-order valence-electron chi connectivity index (χ4n) is 3.45. The molecule has 1 saturated heterocycles. The average molecular weight is 390 g/mol. The number of pyridine rings is 1. The summed E-state index contributed by atoms with van der Waals surface area (Å²) in [4.78, 5) is 36.1. The van der Waals surface area contributed by atoms with E-state index in [4.69, 9.17) is 9.72 Å². The van der Waals surface area contributed by atoms with Gasteiger partial charge in [-0.05, 0) is 25.1 Å². The summed E-state index contributed by atoms with van der Waals surface area (Å²) in [7, 11) is 1.69. The topological polar surface area (TPSA) is 77.3 Å². The zero-order chi connectivity index (χ0) is 20.4. The molecule has 3 aromatic rings. The Bertz CT molecular complexity index is 1090. The van der Waals surface area contributed by atoms with Gasteiger partial charge in [-0.1, -0.05) is 23.8 Å². The van der Waals surface area contributed by atoms with Gasteiger partial charge in [0.1, 0.15) is 6.10 Å². The molecule has 7 nitrogen and oxygen atoms in total. The van der Waals surface area contributed by atoms with Crippen LogP contribution < -0.4 is 10.5 Å². The Hall–Kier alpha value is -3.32. The molecule has 0 spiro atoms. The van der Waals surface area contributed by atoms with Crippen molar-refractivity contribution in [3.63, 3.8) is 0 Å². The van der Waals surface area contributed by atoms with Gasteiger partial charge in [-0.2, -0.15) is 0 Å². The van der Waals surface area contributed by atoms with E-state index in [0.717, 1.165) is 11.1 Å². The first-order chi connectivity index (χ1) is 14.0. The van der Waals surface area contributed by atoms with E-state index in [0.29, 0.717) is 36.9 Å². The number of morpholine rings is 1. The summed E-state index contributed by atoms with van der Waals surface area (Å²) in [5, 5.41) is 0. The van der Waals surface area contributed by atoms with Gasteiger partial charge in [-0.25, -0.2) is 4.98 Å². The summed E-state index contributed by atoms with van der Waals surface area (Å²) < 4.78 is 7.26. The average Bonchev–Trinajstić information content (AvgIpc) is 2.75. The van der Waals surface area contributed by atoms with Crippen LogP contribution in [0, 0.1) is 6.92 Å². The molecule has 1 aliphatic heterocycles. The quantitative estimate of drug-likeness (QED) is 0.636. The van der Waals surface area contributed by atoms with Crippen molar-refractivity contribution in [1.29, 1.82) is 0 Å². The molecule has 0 saturated carbocycles. The van der Waals surface area contributed by atoms with Gasteiger partial charge in [-0.3, -0.25) is 19.1 Å². The van der Waals surface area contributed by atoms with E-state index < -0.39 is 6.10 Å². The number of hydrogen-bond donors (Lipinski definition) is 0. The lowest BCUT2D eigenvalue weighted by atomic mass is 10.0. The highest BCUT2D eigenvalue weighted by Crippen LogP contribution is 2.21. The van der Waals surface area contributed by atoms with Gasteiger partial charge in [0.25, 0.3) is 5.56 Å². The number of aryl methyl sites for hydroxylation is 1. The predicted octanol–water partition coefficient (Wildman–Crippen LogP) is 2.24. The van der Waals surface area contributed by atoms with Gasteiger partial charge >= 0.3 is 0 Å². The molecule has 1 unspecified atom stereocenters. The van der Waals surface area contributed by atoms with Crippen LogP contribution in [0.2, 0.25) is 0 Å². The van der Waals surface area contributed by atoms with Crippen molar-refractivity contribution >= 4 is 11.7 Å². The van der Waals surface area contributed by atoms with Gasteiger partial charge in [0, 0.05) is 43.2 Å². The Labute approximate surface area is 168 Å². The molecular weight excluding hydrogens is 368 g/mol. The van der Waals surface area contributed by atoms with Crippen molar-refractivity contribution in [2.45, 2.75) is 13.0 Å². The van der Waals surface area contributed by atoms with Crippen molar-refractivity contribution < 1.29 is 9.53 Å². The Balaban J connectivity index is 1.64. The molecule has 7 heteroatoms. The number of anilines is 1. The first kappa shape index (κ1) is 19.0. The molecule has 2 aromatic heterocycles. The lowest BCUT2D eigenvalue weighted by Crippen LogP contribution is -2.48. The van der Waals surface area contributed by atoms with Crippen molar-refractivity contribution in [3.8, 4) is 11.3 Å². The van der Waals surface area contributed by atoms with E-state index in [9.17, 15) is 9.59 Å². The van der Waals surface area contributed by atoms with Gasteiger partial charge < -0.3 is 9.64 Å². The molecule has 4 rings (SSSR count). The Kier molecular flexibility index (Phi) is 5.22. The zero-order valence-corrected chi connectivity index (χ0v) is 16.4. The van der Waals surface area contributed by atoms with E-state index in [2.05, 4.69) is 4.98 Å². The summed E-state index contributed by atoms with van der Waals surface area (Å²) in [5.41, 5.74) is 2.90. The molecule has 0 bridgehead atoms. The SMILES string of the molecule is Cc1cccc(C(=O)C2CN(c3nc(-c4ccncc4)cc(=O)n3C)CCO2)c1. The minimum atomic E-state index is -0.605. The fourth-order valence-corrected chi connectivity index (χ4v) is 3.45. The molecule has 1 fully saturated rings. The number of benzene rings is 1. The molecule has 1 aromatic carbocycles. The maximum absolute atomic E-state index is 12.9. The van der Waals surface area contributed by atoms with Crippen molar-refractivity contribution in [2.24, 2.45) is 7.05 Å². The largest absolute Gasteiger partial charge is 0.366 e. The minimum Gasteiger partial charge on any atom is -0.366 e. The number of ether oxygens (including phenoxy) is 1. The second kappa shape index (κ2) is 7.97. The van der Waals surface area contributed by atoms with E-state index in [1.807, 2.05) is 42.2 Å². The van der Waals surface area contributed by atoms with E-state index in [1.54, 1.807) is 25.5 Å². The summed E-state index contributed by atoms with van der Waals surface area (Å²) in [5.74, 6) is 0.461. The number of carbonyl (C=O) groups excluding carboxylic acids is 1. The highest BCUT2D eigenvalue weighted by atomic mass is 16.5. The number of rotatable bonds is 4. The van der Waals surface area contributed by atoms with Crippen LogP contribution in [0.4, 0.5) is 5.95 Å². The van der Waals surface area contributed by atoms with Gasteiger partial charge in [0.15, 0.2) is 5.78 Å². The maximum Gasteiger partial charge on any atom is 0.255 e. The third-order valence-electron chi connectivity index (χ3n) is 5.03. The van der Waals surface area contributed by atoms with Gasteiger partial charge in [0.2, 0.25) is 5.95 Å². The molecule has 1 atom stereocenters. The normalized spacial score (nSPS) is 16.6. The lowest BCUT2D eigenvalue weighted by Gasteiger charge is -2.33. The molecule has 29 heavy (non-hydrogen) atoms. The first-order valence-electron chi connectivity index (χ1n) is 9.49. The lowest BCUT2D eigenvalue weighted by molar-refractivity contribution is 0.0336. The molecule has 0 aliphatic carbocycles. The molecule has 0 radical (unpaired) electrons. The summed E-state index contributed by atoms with van der Waals surface area (Å²) in [6.07, 6.45) is 2.73. The second-order valence-corrected chi connectivity index (χ2v) is 7.11. The van der Waals surface area contributed by atoms with Gasteiger partial charge in [-0.15, -0.1) is 0 Å². The molecule has 1 aliphatic rings. The number of aromatic nitrogens is 3. The standard InChI is InChI=1S/C22H22N4O3/c1-15-4-3-5-17(12-15)21(28)19-14-26(10-11-29-19)22-24-18(13-20(27)25(22)2)16-6-8-23-9-7-16/h3-9,12-13,19H,10-11,14H2,1-2H3. The molecule has 148 valence electrons. The minimum absolute atomic E-state index is 0.0614. The van der Waals surface area contributed by atoms with Crippen LogP contribution in [0.1, 0.15) is 15.9 Å². The smallest absolute Gasteiger partial charge is 0.255 e. The second-order valence-electron chi connectivity index (χ2n) is 7.11. The molecule has 3 heterocycles. The fraction of sp³-hybridized carbons (Fsp3) is 0.273. The number of carbonyl (C=O) groups is 1. The molecule has 0 amide bonds. The highest BCUT2D eigenvalue weighted by Gasteiger charge is 2.29. The monoisotopic (exact) mass is 390 g/mol. The number of hydrogen-bond acceptors (Lipinski definition) is 6. The van der Waals surface area contributed by atoms with Crippen LogP contribution in [0.3, 0.4) is 0 Å². The van der Waals surface area contributed by atoms with Crippen LogP contribution >= 0.6 is 0 Å². The third-order valence-corrected chi connectivity index (χ3v) is 5.03. The number of ketones is 1. The summed E-state index contributed by atoms with van der Waals surface area (Å²) >= 11 is 0. The Morgan fingerprint density at radius 3 is 2.72 bits per heavy atom. The van der Waals surface area contributed by atoms with Crippen LogP contribution in [-0.2, 0) is 11.8 Å². The highest BCUT2D eigenvalue weighted by molar-refractivity contribution is 6.00. The molecular formula is C22H22N4O3. The Morgan fingerprint density at radius 1 is 1.17 bits per heavy atom. The van der Waals surface area contributed by atoms with Crippen molar-refractivity contribution in [1.82, 2.24) is 14.5 Å². The first-order valence-corrected chi connectivity index (χ1v) is 9.49. The van der Waals surface area contributed by atoms with Crippen LogP contribution in [0.25, 0.3) is 11.3 Å². The Morgan fingerprint density at radius 2 is 1.97 bits per heavy atom. The van der Waals surface area contributed by atoms with E-state index >= 15 is 0 Å². The predicted molar refractivity (Wildman–Crippen MR) is 110 cm³/mol. The zero-order valence-electron chi connectivity index (χ0n) is 16.4. The van der Waals surface area contributed by atoms with Crippen molar-refractivity contribution in [2.75, 3.05) is 24.6 Å². The third kappa shape index (κ3) is 3.95. The number of nitrogens with zero attached hydrogens (tertiary/aromatic N) is 4. The van der Waals surface area contributed by atoms with Crippen LogP contribution in [0.15, 0.2) is 59.7 Å². The maximum atomic E-state index is 12.9. The summed E-state index contributed by atoms with van der Waals surface area (Å²) in [6.45, 7) is 3.23. The van der Waals surface area contributed by atoms with Crippen LogP contribution in [-0.4, -0.2) is 46.1 Å². The van der Waals surface area contributed by atoms with E-state index in [1.165, 1.54) is 10.6 Å². The number of Topliss-reactive ketones (excluding diaryl/α,β-unsaturated/α-hetero) is 1. The van der Waals surface area contributed by atoms with Gasteiger partial charge in [0.05, 0.1) is 18.8 Å². The van der Waals surface area contributed by atoms with E-state index in [-0.39, 0.29) is 11.3 Å². The molecule has 0 N–H and O–H groups in total. The summed E-state index contributed by atoms with van der Waals surface area (Å²) in [6, 6.07) is 12.6. The van der Waals surface area contributed by atoms with Crippen molar-refractivity contribution in [3.05, 3.63) is 76.3 Å². The van der Waals surface area contributed by atoms with Crippen LogP contribution in [0.5, 0.6) is 0 Å².